The first kappa shape index (κ1) is 24.0. The highest BCUT2D eigenvalue weighted by molar-refractivity contribution is 5.79. The van der Waals surface area contributed by atoms with Crippen molar-refractivity contribution in [3.05, 3.63) is 16.1 Å². The van der Waals surface area contributed by atoms with E-state index in [0.717, 1.165) is 37.5 Å². The third kappa shape index (κ3) is 11.2. The molecular formula is C21H40N2O2. The monoisotopic (exact) mass is 352 g/mol. The van der Waals surface area contributed by atoms with Crippen LogP contribution >= 0.6 is 0 Å². The Morgan fingerprint density at radius 1 is 1.12 bits per heavy atom. The second kappa shape index (κ2) is 13.2. The number of carbonyl (C=O) groups is 1. The largest absolute Gasteiger partial charge is 0.328 e. The molecule has 1 atom stereocenters. The molecule has 0 bridgehead atoms. The lowest BCUT2D eigenvalue weighted by Crippen LogP contribution is -2.20. The van der Waals surface area contributed by atoms with E-state index in [1.807, 2.05) is 13.8 Å². The normalized spacial score (nSPS) is 21.1. The maximum atomic E-state index is 11.3. The summed E-state index contributed by atoms with van der Waals surface area (Å²) >= 11 is 0. The molecule has 1 rings (SSSR count). The lowest BCUT2D eigenvalue weighted by atomic mass is 9.78. The van der Waals surface area contributed by atoms with E-state index in [1.54, 1.807) is 5.57 Å². The summed E-state index contributed by atoms with van der Waals surface area (Å²) in [5.74, 6) is 0.956. The predicted octanol–water partition coefficient (Wildman–Crippen LogP) is 5.99. The Morgan fingerprint density at radius 3 is 2.04 bits per heavy atom. The van der Waals surface area contributed by atoms with Gasteiger partial charge in [0, 0.05) is 11.1 Å². The van der Waals surface area contributed by atoms with Gasteiger partial charge in [0.2, 0.25) is 0 Å². The summed E-state index contributed by atoms with van der Waals surface area (Å²) in [6.45, 7) is 12.9. The van der Waals surface area contributed by atoms with Crippen molar-refractivity contribution < 1.29 is 4.79 Å². The quantitative estimate of drug-likeness (QED) is 0.451. The van der Waals surface area contributed by atoms with Gasteiger partial charge in [-0.15, -0.1) is 4.91 Å². The molecule has 1 aliphatic carbocycles. The zero-order valence-corrected chi connectivity index (χ0v) is 17.3. The van der Waals surface area contributed by atoms with Gasteiger partial charge in [-0.1, -0.05) is 51.7 Å². The van der Waals surface area contributed by atoms with Crippen molar-refractivity contribution in [2.75, 3.05) is 0 Å². The summed E-state index contributed by atoms with van der Waals surface area (Å²) in [6.07, 6.45) is 8.81. The number of nitrogens with zero attached hydrogens (tertiary/aromatic N) is 1. The summed E-state index contributed by atoms with van der Waals surface area (Å²) in [5.41, 5.74) is 8.19. The molecule has 25 heavy (non-hydrogen) atoms. The summed E-state index contributed by atoms with van der Waals surface area (Å²) < 4.78 is 0. The zero-order valence-electron chi connectivity index (χ0n) is 17.3. The molecular weight excluding hydrogens is 312 g/mol. The van der Waals surface area contributed by atoms with Crippen LogP contribution in [-0.4, -0.2) is 11.9 Å². The highest BCUT2D eigenvalue weighted by atomic mass is 16.3. The van der Waals surface area contributed by atoms with Gasteiger partial charge in [-0.25, -0.2) is 0 Å². The third-order valence-electron chi connectivity index (χ3n) is 5.08. The van der Waals surface area contributed by atoms with Crippen molar-refractivity contribution in [3.63, 3.8) is 0 Å². The topological polar surface area (TPSA) is 72.5 Å². The summed E-state index contributed by atoms with van der Waals surface area (Å²) in [6, 6.07) is 0.333. The second-order valence-corrected chi connectivity index (χ2v) is 8.23. The standard InChI is InChI=1S/C18H31NO2.C3H9N/c1-5-16(13(2)3)12-14(4)6-7-15-8-10-17(11-9-15)18(20)19-21;1-3(2)4/h14-15,17H,5-12H2,1-4H3;3H,4H2,1-2H3. The Morgan fingerprint density at radius 2 is 1.64 bits per heavy atom. The van der Waals surface area contributed by atoms with Gasteiger partial charge in [0.1, 0.15) is 0 Å². The van der Waals surface area contributed by atoms with Crippen LogP contribution in [0.4, 0.5) is 0 Å². The van der Waals surface area contributed by atoms with E-state index in [2.05, 4.69) is 32.9 Å². The number of nitrogens with two attached hydrogens (primary N) is 1. The SMILES string of the molecule is CC(C)N.CCC(CC(C)CCC1CCC(C(=O)N=O)CC1)=C(C)C. The molecule has 0 aromatic carbocycles. The van der Waals surface area contributed by atoms with Gasteiger partial charge in [0.25, 0.3) is 5.91 Å². The fourth-order valence-electron chi connectivity index (χ4n) is 3.52. The van der Waals surface area contributed by atoms with Crippen molar-refractivity contribution in [2.45, 2.75) is 99.0 Å². The molecule has 0 heterocycles. The number of allylic oxidation sites excluding steroid dienone is 2. The van der Waals surface area contributed by atoms with Crippen LogP contribution in [0.1, 0.15) is 92.9 Å². The van der Waals surface area contributed by atoms with Gasteiger partial charge < -0.3 is 5.73 Å². The van der Waals surface area contributed by atoms with E-state index in [0.29, 0.717) is 6.04 Å². The van der Waals surface area contributed by atoms with Crippen LogP contribution in [-0.2, 0) is 4.79 Å². The average Bonchev–Trinajstić information content (AvgIpc) is 2.56. The summed E-state index contributed by atoms with van der Waals surface area (Å²) in [4.78, 5) is 21.6. The van der Waals surface area contributed by atoms with Crippen molar-refractivity contribution in [3.8, 4) is 0 Å². The fraction of sp³-hybridized carbons (Fsp3) is 0.857. The van der Waals surface area contributed by atoms with Crippen LogP contribution < -0.4 is 5.73 Å². The number of amides is 1. The van der Waals surface area contributed by atoms with Gasteiger partial charge in [-0.2, -0.15) is 0 Å². The van der Waals surface area contributed by atoms with E-state index in [9.17, 15) is 9.70 Å². The molecule has 146 valence electrons. The van der Waals surface area contributed by atoms with Crippen molar-refractivity contribution in [2.24, 2.45) is 28.7 Å². The molecule has 4 heteroatoms. The Balaban J connectivity index is 0.00000129. The van der Waals surface area contributed by atoms with Crippen molar-refractivity contribution >= 4 is 5.91 Å². The highest BCUT2D eigenvalue weighted by Gasteiger charge is 2.26. The second-order valence-electron chi connectivity index (χ2n) is 8.23. The van der Waals surface area contributed by atoms with Crippen LogP contribution in [0.2, 0.25) is 0 Å². The maximum Gasteiger partial charge on any atom is 0.289 e. The molecule has 1 aliphatic rings. The first-order valence-electron chi connectivity index (χ1n) is 9.99. The smallest absolute Gasteiger partial charge is 0.289 e. The molecule has 0 aromatic rings. The predicted molar refractivity (Wildman–Crippen MR) is 107 cm³/mol. The number of hydrogen-bond acceptors (Lipinski definition) is 3. The van der Waals surface area contributed by atoms with Crippen LogP contribution in [0.25, 0.3) is 0 Å². The molecule has 0 aliphatic heterocycles. The Bertz CT molecular complexity index is 415. The minimum absolute atomic E-state index is 0.0893. The van der Waals surface area contributed by atoms with Crippen LogP contribution in [0.5, 0.6) is 0 Å². The first-order chi connectivity index (χ1) is 11.7. The number of carbonyl (C=O) groups excluding carboxylic acids is 1. The Kier molecular flexibility index (Phi) is 12.7. The summed E-state index contributed by atoms with van der Waals surface area (Å²) in [7, 11) is 0. The summed E-state index contributed by atoms with van der Waals surface area (Å²) in [5, 5.41) is 2.58. The molecule has 0 aromatic heterocycles. The molecule has 2 N–H and O–H groups in total. The molecule has 1 fully saturated rings. The van der Waals surface area contributed by atoms with Crippen molar-refractivity contribution in [1.29, 1.82) is 0 Å². The molecule has 0 saturated heterocycles. The van der Waals surface area contributed by atoms with Crippen molar-refractivity contribution in [1.82, 2.24) is 0 Å². The highest BCUT2D eigenvalue weighted by Crippen LogP contribution is 2.34. The molecule has 1 saturated carbocycles. The third-order valence-corrected chi connectivity index (χ3v) is 5.08. The van der Waals surface area contributed by atoms with E-state index in [4.69, 9.17) is 5.73 Å². The number of hydrogen-bond donors (Lipinski definition) is 1. The minimum atomic E-state index is -0.432. The molecule has 1 amide bonds. The van der Waals surface area contributed by atoms with Crippen LogP contribution in [0.3, 0.4) is 0 Å². The van der Waals surface area contributed by atoms with Gasteiger partial charge in [0.05, 0.1) is 0 Å². The average molecular weight is 353 g/mol. The number of nitroso groups, excluding NO2 is 1. The van der Waals surface area contributed by atoms with E-state index in [1.165, 1.54) is 31.3 Å². The Labute approximate surface area is 155 Å². The molecule has 0 spiro atoms. The van der Waals surface area contributed by atoms with Gasteiger partial charge in [0.15, 0.2) is 0 Å². The van der Waals surface area contributed by atoms with Crippen LogP contribution in [0, 0.1) is 22.7 Å². The fourth-order valence-corrected chi connectivity index (χ4v) is 3.52. The first-order valence-corrected chi connectivity index (χ1v) is 9.99. The minimum Gasteiger partial charge on any atom is -0.328 e. The lowest BCUT2D eigenvalue weighted by molar-refractivity contribution is -0.122. The lowest BCUT2D eigenvalue weighted by Gasteiger charge is -2.27. The van der Waals surface area contributed by atoms with E-state index >= 15 is 0 Å². The van der Waals surface area contributed by atoms with E-state index in [-0.39, 0.29) is 5.92 Å². The molecule has 4 nitrogen and oxygen atoms in total. The van der Waals surface area contributed by atoms with Gasteiger partial charge >= 0.3 is 0 Å². The van der Waals surface area contributed by atoms with Crippen LogP contribution in [0.15, 0.2) is 16.3 Å². The molecule has 1 unspecified atom stereocenters. The van der Waals surface area contributed by atoms with E-state index < -0.39 is 5.91 Å². The van der Waals surface area contributed by atoms with Gasteiger partial charge in [-0.3, -0.25) is 4.79 Å². The molecule has 0 radical (unpaired) electrons. The number of rotatable bonds is 7. The van der Waals surface area contributed by atoms with Gasteiger partial charge in [-0.05, 0) is 70.3 Å². The Hall–Kier alpha value is -1.03. The zero-order chi connectivity index (χ0) is 19.4. The maximum absolute atomic E-state index is 11.3.